The van der Waals surface area contributed by atoms with Gasteiger partial charge in [-0.1, -0.05) is 23.2 Å². The summed E-state index contributed by atoms with van der Waals surface area (Å²) < 4.78 is 0. The van der Waals surface area contributed by atoms with Gasteiger partial charge < -0.3 is 15.7 Å². The van der Waals surface area contributed by atoms with Crippen LogP contribution in [0.3, 0.4) is 0 Å². The van der Waals surface area contributed by atoms with E-state index in [9.17, 15) is 9.90 Å². The van der Waals surface area contributed by atoms with Crippen molar-refractivity contribution in [2.75, 3.05) is 13.1 Å². The number of hydrogen-bond donors (Lipinski definition) is 3. The Hall–Kier alpha value is -0.680. The highest BCUT2D eigenvalue weighted by molar-refractivity contribution is 6.36. The zero-order valence-corrected chi connectivity index (χ0v) is 12.4. The molecule has 3 N–H and O–H groups in total. The first-order valence-corrected chi connectivity index (χ1v) is 6.53. The summed E-state index contributed by atoms with van der Waals surface area (Å²) in [6.07, 6.45) is 1.75. The van der Waals surface area contributed by atoms with E-state index in [0.717, 1.165) is 25.9 Å². The number of piperidine rings is 1. The number of rotatable bonds is 2. The monoisotopic (exact) mass is 324 g/mol. The molecule has 1 amide bonds. The summed E-state index contributed by atoms with van der Waals surface area (Å²) in [6, 6.07) is 2.94. The van der Waals surface area contributed by atoms with Crippen molar-refractivity contribution in [3.8, 4) is 5.75 Å². The smallest absolute Gasteiger partial charge is 0.255 e. The van der Waals surface area contributed by atoms with Crippen molar-refractivity contribution >= 4 is 41.5 Å². The van der Waals surface area contributed by atoms with Crippen molar-refractivity contribution in [3.63, 3.8) is 0 Å². The lowest BCUT2D eigenvalue weighted by molar-refractivity contribution is 0.0927. The van der Waals surface area contributed by atoms with Crippen LogP contribution in [0.1, 0.15) is 23.2 Å². The average Bonchev–Trinajstić information content (AvgIpc) is 2.35. The summed E-state index contributed by atoms with van der Waals surface area (Å²) in [5, 5.41) is 16.3. The number of nitrogens with one attached hydrogen (secondary N) is 2. The Morgan fingerprint density at radius 1 is 1.32 bits per heavy atom. The van der Waals surface area contributed by atoms with Crippen LogP contribution in [0, 0.1) is 0 Å². The number of benzene rings is 1. The van der Waals surface area contributed by atoms with Gasteiger partial charge in [0.15, 0.2) is 0 Å². The fourth-order valence-corrected chi connectivity index (χ4v) is 2.46. The molecule has 0 saturated carbocycles. The zero-order chi connectivity index (χ0) is 13.1. The molecule has 0 radical (unpaired) electrons. The highest BCUT2D eigenvalue weighted by atomic mass is 35.5. The summed E-state index contributed by atoms with van der Waals surface area (Å²) in [5.41, 5.74) is 0.117. The molecule has 1 aliphatic heterocycles. The van der Waals surface area contributed by atoms with Gasteiger partial charge in [-0.15, -0.1) is 12.4 Å². The van der Waals surface area contributed by atoms with E-state index in [4.69, 9.17) is 23.2 Å². The Morgan fingerprint density at radius 3 is 2.58 bits per heavy atom. The molecule has 106 valence electrons. The zero-order valence-electron chi connectivity index (χ0n) is 10.1. The molecular weight excluding hydrogens is 311 g/mol. The molecule has 1 aliphatic rings. The van der Waals surface area contributed by atoms with Crippen molar-refractivity contribution in [2.24, 2.45) is 0 Å². The van der Waals surface area contributed by atoms with E-state index in [1.165, 1.54) is 12.1 Å². The predicted octanol–water partition coefficient (Wildman–Crippen LogP) is 2.60. The van der Waals surface area contributed by atoms with E-state index in [-0.39, 0.29) is 40.7 Å². The summed E-state index contributed by atoms with van der Waals surface area (Å²) in [4.78, 5) is 12.0. The van der Waals surface area contributed by atoms with Crippen molar-refractivity contribution in [3.05, 3.63) is 27.7 Å². The molecule has 0 unspecified atom stereocenters. The highest BCUT2D eigenvalue weighted by Crippen LogP contribution is 2.31. The van der Waals surface area contributed by atoms with Gasteiger partial charge in [0.1, 0.15) is 5.75 Å². The summed E-state index contributed by atoms with van der Waals surface area (Å²) in [5.74, 6) is -0.573. The Kier molecular flexibility index (Phi) is 6.20. The molecule has 1 aromatic carbocycles. The van der Waals surface area contributed by atoms with E-state index in [2.05, 4.69) is 10.6 Å². The van der Waals surface area contributed by atoms with E-state index >= 15 is 0 Å². The van der Waals surface area contributed by atoms with Gasteiger partial charge in [-0.2, -0.15) is 0 Å². The van der Waals surface area contributed by atoms with Gasteiger partial charge in [0.05, 0.1) is 10.6 Å². The van der Waals surface area contributed by atoms with Crippen LogP contribution >= 0.6 is 35.6 Å². The number of hydrogen-bond acceptors (Lipinski definition) is 3. The first-order chi connectivity index (χ1) is 8.58. The third-order valence-corrected chi connectivity index (χ3v) is 3.45. The predicted molar refractivity (Wildman–Crippen MR) is 78.7 cm³/mol. The Balaban J connectivity index is 0.00000180. The maximum absolute atomic E-state index is 12.0. The van der Waals surface area contributed by atoms with Gasteiger partial charge >= 0.3 is 0 Å². The van der Waals surface area contributed by atoms with E-state index in [0.29, 0.717) is 5.02 Å². The van der Waals surface area contributed by atoms with Crippen molar-refractivity contribution < 1.29 is 9.90 Å². The standard InChI is InChI=1S/C12H14Cl2N2O2.ClH/c13-7-5-9(11(17)10(14)6-7)12(18)16-8-1-3-15-4-2-8;/h5-6,8,15,17H,1-4H2,(H,16,18);1H. The number of phenolic OH excluding ortho intramolecular Hbond substituents is 1. The van der Waals surface area contributed by atoms with Gasteiger partial charge in [-0.3, -0.25) is 4.79 Å². The molecule has 19 heavy (non-hydrogen) atoms. The van der Waals surface area contributed by atoms with Crippen molar-refractivity contribution in [2.45, 2.75) is 18.9 Å². The lowest BCUT2D eigenvalue weighted by atomic mass is 10.1. The summed E-state index contributed by atoms with van der Waals surface area (Å²) in [7, 11) is 0. The minimum atomic E-state index is -0.344. The molecule has 2 rings (SSSR count). The molecule has 1 aromatic rings. The largest absolute Gasteiger partial charge is 0.506 e. The second kappa shape index (κ2) is 7.20. The van der Waals surface area contributed by atoms with E-state index < -0.39 is 0 Å². The highest BCUT2D eigenvalue weighted by Gasteiger charge is 2.20. The van der Waals surface area contributed by atoms with E-state index in [1.807, 2.05) is 0 Å². The van der Waals surface area contributed by atoms with Crippen LogP contribution in [0.2, 0.25) is 10.0 Å². The Bertz CT molecular complexity index is 463. The number of phenols is 1. The average molecular weight is 326 g/mol. The molecule has 1 saturated heterocycles. The third kappa shape index (κ3) is 4.14. The van der Waals surface area contributed by atoms with E-state index in [1.54, 1.807) is 0 Å². The third-order valence-electron chi connectivity index (χ3n) is 2.95. The van der Waals surface area contributed by atoms with Gasteiger partial charge in [0.2, 0.25) is 0 Å². The van der Waals surface area contributed by atoms with Crippen LogP contribution in [0.25, 0.3) is 0 Å². The minimum absolute atomic E-state index is 0. The fraction of sp³-hybridized carbons (Fsp3) is 0.417. The summed E-state index contributed by atoms with van der Waals surface area (Å²) in [6.45, 7) is 1.76. The molecule has 1 fully saturated rings. The molecule has 1 heterocycles. The number of halogens is 3. The van der Waals surface area contributed by atoms with Gasteiger partial charge in [0.25, 0.3) is 5.91 Å². The molecule has 0 atom stereocenters. The van der Waals surface area contributed by atoms with Gasteiger partial charge in [-0.05, 0) is 38.1 Å². The van der Waals surface area contributed by atoms with Gasteiger partial charge in [-0.25, -0.2) is 0 Å². The molecule has 4 nitrogen and oxygen atoms in total. The maximum atomic E-state index is 12.0. The molecule has 0 aliphatic carbocycles. The van der Waals surface area contributed by atoms with Crippen LogP contribution in [-0.2, 0) is 0 Å². The van der Waals surface area contributed by atoms with Crippen LogP contribution < -0.4 is 10.6 Å². The van der Waals surface area contributed by atoms with Crippen molar-refractivity contribution in [1.82, 2.24) is 10.6 Å². The minimum Gasteiger partial charge on any atom is -0.506 e. The second-order valence-corrected chi connectivity index (χ2v) is 5.13. The molecular formula is C12H15Cl3N2O2. The number of carbonyl (C=O) groups is 1. The topological polar surface area (TPSA) is 61.4 Å². The van der Waals surface area contributed by atoms with Gasteiger partial charge in [0, 0.05) is 11.1 Å². The first-order valence-electron chi connectivity index (χ1n) is 5.77. The number of aromatic hydroxyl groups is 1. The molecule has 0 spiro atoms. The maximum Gasteiger partial charge on any atom is 0.255 e. The molecule has 7 heteroatoms. The van der Waals surface area contributed by atoms with Crippen molar-refractivity contribution in [1.29, 1.82) is 0 Å². The fourth-order valence-electron chi connectivity index (χ4n) is 1.97. The number of amides is 1. The lowest BCUT2D eigenvalue weighted by Crippen LogP contribution is -2.42. The number of carbonyl (C=O) groups excluding carboxylic acids is 1. The first kappa shape index (κ1) is 16.4. The van der Waals surface area contributed by atoms with Crippen LogP contribution in [0.5, 0.6) is 5.75 Å². The quantitative estimate of drug-likeness (QED) is 0.783. The SMILES string of the molecule is Cl.O=C(NC1CCNCC1)c1cc(Cl)cc(Cl)c1O. The second-order valence-electron chi connectivity index (χ2n) is 4.28. The Morgan fingerprint density at radius 2 is 1.95 bits per heavy atom. The van der Waals surface area contributed by atoms with Crippen LogP contribution in [0.4, 0.5) is 0 Å². The summed E-state index contributed by atoms with van der Waals surface area (Å²) >= 11 is 11.6. The van der Waals surface area contributed by atoms with Crippen LogP contribution in [-0.4, -0.2) is 30.1 Å². The van der Waals surface area contributed by atoms with Crippen LogP contribution in [0.15, 0.2) is 12.1 Å². The molecule has 0 bridgehead atoms. The normalized spacial score (nSPS) is 15.7. The molecule has 0 aromatic heterocycles. The lowest BCUT2D eigenvalue weighted by Gasteiger charge is -2.23. The Labute approximate surface area is 127 Å².